The van der Waals surface area contributed by atoms with E-state index in [1.165, 1.54) is 0 Å². The van der Waals surface area contributed by atoms with Gasteiger partial charge in [0.25, 0.3) is 0 Å². The zero-order chi connectivity index (χ0) is 11.3. The third-order valence-electron chi connectivity index (χ3n) is 2.13. The summed E-state index contributed by atoms with van der Waals surface area (Å²) in [5.41, 5.74) is 6.82. The van der Waals surface area contributed by atoms with Gasteiger partial charge in [-0.15, -0.1) is 11.8 Å². The summed E-state index contributed by atoms with van der Waals surface area (Å²) in [5.74, 6) is 5.80. The first-order chi connectivity index (χ1) is 7.16. The first-order valence-electron chi connectivity index (χ1n) is 4.76. The molecule has 0 spiro atoms. The van der Waals surface area contributed by atoms with E-state index in [4.69, 9.17) is 28.9 Å². The van der Waals surface area contributed by atoms with Gasteiger partial charge < -0.3 is 5.73 Å². The molecule has 0 fully saturated rings. The van der Waals surface area contributed by atoms with Crippen LogP contribution < -0.4 is 5.73 Å². The van der Waals surface area contributed by atoms with Crippen LogP contribution in [0.5, 0.6) is 0 Å². The summed E-state index contributed by atoms with van der Waals surface area (Å²) in [4.78, 5) is 0. The Balaban J connectivity index is 2.79. The van der Waals surface area contributed by atoms with Crippen molar-refractivity contribution in [1.29, 1.82) is 0 Å². The molecule has 0 aliphatic heterocycles. The largest absolute Gasteiger partial charge is 0.324 e. The lowest BCUT2D eigenvalue weighted by molar-refractivity contribution is 0.668. The van der Waals surface area contributed by atoms with Crippen molar-refractivity contribution < 1.29 is 0 Å². The van der Waals surface area contributed by atoms with Gasteiger partial charge in [-0.2, -0.15) is 0 Å². The van der Waals surface area contributed by atoms with Gasteiger partial charge in [0.2, 0.25) is 0 Å². The highest BCUT2D eigenvalue weighted by Gasteiger charge is 2.12. The molecule has 0 amide bonds. The molecule has 3 heteroatoms. The lowest BCUT2D eigenvalue weighted by atomic mass is 10.0. The van der Waals surface area contributed by atoms with E-state index in [0.717, 1.165) is 18.4 Å². The minimum atomic E-state index is -0.146. The Kier molecular flexibility index (Phi) is 4.98. The average Bonchev–Trinajstić information content (AvgIpc) is 2.18. The highest BCUT2D eigenvalue weighted by atomic mass is 35.5. The predicted octanol–water partition coefficient (Wildman–Crippen LogP) is 3.80. The minimum Gasteiger partial charge on any atom is -0.324 e. The molecule has 1 aromatic carbocycles. The fourth-order valence-corrected chi connectivity index (χ4v) is 2.04. The SMILES string of the molecule is CC#CCCC(N)c1c(Cl)cccc1Cl. The Bertz CT molecular complexity index is 370. The van der Waals surface area contributed by atoms with E-state index in [-0.39, 0.29) is 6.04 Å². The second-order valence-corrected chi connectivity index (χ2v) is 4.02. The van der Waals surface area contributed by atoms with Gasteiger partial charge in [0.1, 0.15) is 0 Å². The van der Waals surface area contributed by atoms with Crippen LogP contribution in [0.15, 0.2) is 18.2 Å². The van der Waals surface area contributed by atoms with E-state index >= 15 is 0 Å². The molecule has 15 heavy (non-hydrogen) atoms. The van der Waals surface area contributed by atoms with Crippen LogP contribution in [-0.2, 0) is 0 Å². The molecule has 1 rings (SSSR count). The fraction of sp³-hybridized carbons (Fsp3) is 0.333. The van der Waals surface area contributed by atoms with Crippen LogP contribution in [0.3, 0.4) is 0 Å². The van der Waals surface area contributed by atoms with Crippen molar-refractivity contribution in [1.82, 2.24) is 0 Å². The molecule has 0 saturated carbocycles. The second-order valence-electron chi connectivity index (χ2n) is 3.21. The van der Waals surface area contributed by atoms with Gasteiger partial charge in [0.05, 0.1) is 0 Å². The molecular formula is C12H13Cl2N. The van der Waals surface area contributed by atoms with Crippen LogP contribution in [0.2, 0.25) is 10.0 Å². The number of nitrogens with two attached hydrogens (primary N) is 1. The van der Waals surface area contributed by atoms with Gasteiger partial charge in [-0.25, -0.2) is 0 Å². The van der Waals surface area contributed by atoms with Gasteiger partial charge in [0.15, 0.2) is 0 Å². The van der Waals surface area contributed by atoms with Crippen LogP contribution in [0, 0.1) is 11.8 Å². The molecule has 0 aliphatic rings. The van der Waals surface area contributed by atoms with E-state index in [9.17, 15) is 0 Å². The van der Waals surface area contributed by atoms with Crippen molar-refractivity contribution in [3.8, 4) is 11.8 Å². The zero-order valence-corrected chi connectivity index (χ0v) is 10.1. The third kappa shape index (κ3) is 3.43. The number of benzene rings is 1. The van der Waals surface area contributed by atoms with Crippen LogP contribution >= 0.6 is 23.2 Å². The molecule has 0 saturated heterocycles. The summed E-state index contributed by atoms with van der Waals surface area (Å²) < 4.78 is 0. The highest BCUT2D eigenvalue weighted by Crippen LogP contribution is 2.30. The smallest absolute Gasteiger partial charge is 0.0468 e. The van der Waals surface area contributed by atoms with E-state index in [1.54, 1.807) is 12.1 Å². The summed E-state index contributed by atoms with van der Waals surface area (Å²) in [6, 6.07) is 5.27. The highest BCUT2D eigenvalue weighted by molar-refractivity contribution is 6.36. The molecular weight excluding hydrogens is 229 g/mol. The average molecular weight is 242 g/mol. The molecule has 80 valence electrons. The van der Waals surface area contributed by atoms with Crippen molar-refractivity contribution in [2.75, 3.05) is 0 Å². The van der Waals surface area contributed by atoms with Gasteiger partial charge in [-0.05, 0) is 25.5 Å². The molecule has 1 nitrogen and oxygen atoms in total. The van der Waals surface area contributed by atoms with Crippen molar-refractivity contribution in [2.45, 2.75) is 25.8 Å². The first kappa shape index (κ1) is 12.4. The maximum Gasteiger partial charge on any atom is 0.0468 e. The minimum absolute atomic E-state index is 0.146. The topological polar surface area (TPSA) is 26.0 Å². The lowest BCUT2D eigenvalue weighted by Gasteiger charge is -2.13. The van der Waals surface area contributed by atoms with Gasteiger partial charge in [-0.1, -0.05) is 29.3 Å². The summed E-state index contributed by atoms with van der Waals surface area (Å²) in [5, 5.41) is 1.25. The Morgan fingerprint density at radius 1 is 1.33 bits per heavy atom. The second kappa shape index (κ2) is 6.02. The van der Waals surface area contributed by atoms with E-state index < -0.39 is 0 Å². The van der Waals surface area contributed by atoms with Crippen LogP contribution in [0.1, 0.15) is 31.4 Å². The van der Waals surface area contributed by atoms with Crippen molar-refractivity contribution in [3.63, 3.8) is 0 Å². The Labute approximate surface area is 101 Å². The quantitative estimate of drug-likeness (QED) is 0.801. The van der Waals surface area contributed by atoms with Gasteiger partial charge in [-0.3, -0.25) is 0 Å². The number of hydrogen-bond donors (Lipinski definition) is 1. The summed E-state index contributed by atoms with van der Waals surface area (Å²) in [6.45, 7) is 1.81. The number of rotatable bonds is 3. The third-order valence-corrected chi connectivity index (χ3v) is 2.79. The van der Waals surface area contributed by atoms with E-state index in [1.807, 2.05) is 13.0 Å². The van der Waals surface area contributed by atoms with Crippen molar-refractivity contribution in [3.05, 3.63) is 33.8 Å². The molecule has 0 aromatic heterocycles. The zero-order valence-electron chi connectivity index (χ0n) is 8.56. The molecule has 1 unspecified atom stereocenters. The molecule has 1 atom stereocenters. The van der Waals surface area contributed by atoms with Crippen LogP contribution in [-0.4, -0.2) is 0 Å². The molecule has 0 aliphatic carbocycles. The van der Waals surface area contributed by atoms with Gasteiger partial charge >= 0.3 is 0 Å². The summed E-state index contributed by atoms with van der Waals surface area (Å²) in [6.07, 6.45) is 1.53. The Morgan fingerprint density at radius 2 is 1.93 bits per heavy atom. The maximum atomic E-state index is 6.04. The monoisotopic (exact) mass is 241 g/mol. The normalized spacial score (nSPS) is 11.7. The first-order valence-corrected chi connectivity index (χ1v) is 5.51. The summed E-state index contributed by atoms with van der Waals surface area (Å²) in [7, 11) is 0. The van der Waals surface area contributed by atoms with E-state index in [2.05, 4.69) is 11.8 Å². The Morgan fingerprint density at radius 3 is 2.47 bits per heavy atom. The predicted molar refractivity (Wildman–Crippen MR) is 66.1 cm³/mol. The number of hydrogen-bond acceptors (Lipinski definition) is 1. The molecule has 0 radical (unpaired) electrons. The van der Waals surface area contributed by atoms with Crippen molar-refractivity contribution in [2.24, 2.45) is 5.73 Å². The molecule has 0 heterocycles. The van der Waals surface area contributed by atoms with E-state index in [0.29, 0.717) is 10.0 Å². The fourth-order valence-electron chi connectivity index (χ4n) is 1.36. The lowest BCUT2D eigenvalue weighted by Crippen LogP contribution is -2.11. The molecule has 2 N–H and O–H groups in total. The summed E-state index contributed by atoms with van der Waals surface area (Å²) >= 11 is 12.1. The van der Waals surface area contributed by atoms with Gasteiger partial charge in [0, 0.05) is 28.1 Å². The standard InChI is InChI=1S/C12H13Cl2N/c1-2-3-4-8-11(15)12-9(13)6-5-7-10(12)14/h5-7,11H,4,8,15H2,1H3. The van der Waals surface area contributed by atoms with Crippen LogP contribution in [0.25, 0.3) is 0 Å². The number of halogens is 2. The van der Waals surface area contributed by atoms with Crippen LogP contribution in [0.4, 0.5) is 0 Å². The Hall–Kier alpha value is -0.680. The molecule has 1 aromatic rings. The van der Waals surface area contributed by atoms with Crippen molar-refractivity contribution >= 4 is 23.2 Å². The molecule has 0 bridgehead atoms. The maximum absolute atomic E-state index is 6.04.